The molecule has 6 nitrogen and oxygen atoms in total. The van der Waals surface area contributed by atoms with E-state index in [1.54, 1.807) is 0 Å². The Hall–Kier alpha value is -1.30. The number of aliphatic hydroxyl groups excluding tert-OH is 1. The first-order valence-corrected chi connectivity index (χ1v) is 5.19. The lowest BCUT2D eigenvalue weighted by atomic mass is 10.1. The maximum absolute atomic E-state index is 8.98. The van der Waals surface area contributed by atoms with Crippen LogP contribution in [0.1, 0.15) is 26.7 Å². The van der Waals surface area contributed by atoms with E-state index in [9.17, 15) is 0 Å². The van der Waals surface area contributed by atoms with Crippen LogP contribution in [0.3, 0.4) is 0 Å². The fraction of sp³-hybridized carbons (Fsp3) is 0.778. The summed E-state index contributed by atoms with van der Waals surface area (Å²) in [6.07, 6.45) is 1.91. The number of anilines is 2. The van der Waals surface area contributed by atoms with E-state index in [-0.39, 0.29) is 18.7 Å². The third kappa shape index (κ3) is 2.82. The molecule has 0 radical (unpaired) electrons. The summed E-state index contributed by atoms with van der Waals surface area (Å²) < 4.78 is 5.15. The average Bonchev–Trinajstić information content (AvgIpc) is 2.65. The van der Waals surface area contributed by atoms with Crippen molar-refractivity contribution >= 4 is 12.0 Å². The summed E-state index contributed by atoms with van der Waals surface area (Å²) >= 11 is 0. The molecule has 0 aliphatic carbocycles. The molecule has 0 amide bonds. The van der Waals surface area contributed by atoms with Crippen LogP contribution in [0.4, 0.5) is 12.0 Å². The third-order valence-corrected chi connectivity index (χ3v) is 2.40. The Bertz CT molecular complexity index is 285. The van der Waals surface area contributed by atoms with Crippen molar-refractivity contribution in [2.75, 3.05) is 23.8 Å². The monoisotopic (exact) mass is 214 g/mol. The van der Waals surface area contributed by atoms with Crippen molar-refractivity contribution in [1.29, 1.82) is 0 Å². The summed E-state index contributed by atoms with van der Waals surface area (Å²) in [5.74, 6) is 0. The van der Waals surface area contributed by atoms with Gasteiger partial charge in [0.05, 0.1) is 6.61 Å². The Kier molecular flexibility index (Phi) is 4.36. The molecule has 1 heterocycles. The van der Waals surface area contributed by atoms with Gasteiger partial charge in [-0.3, -0.25) is 0 Å². The van der Waals surface area contributed by atoms with Crippen LogP contribution in [-0.2, 0) is 0 Å². The molecule has 1 rings (SSSR count). The molecule has 0 aliphatic heterocycles. The van der Waals surface area contributed by atoms with Crippen molar-refractivity contribution < 1.29 is 9.52 Å². The molecule has 1 aromatic rings. The molecular weight excluding hydrogens is 196 g/mol. The Balaban J connectivity index is 2.81. The minimum Gasteiger partial charge on any atom is -0.395 e. The van der Waals surface area contributed by atoms with Crippen molar-refractivity contribution in [3.8, 4) is 0 Å². The predicted molar refractivity (Wildman–Crippen MR) is 57.5 cm³/mol. The molecule has 6 heteroatoms. The molecule has 0 fully saturated rings. The zero-order valence-corrected chi connectivity index (χ0v) is 9.18. The summed E-state index contributed by atoms with van der Waals surface area (Å²) in [6, 6.07) is 0.728. The SMILES string of the molecule is CCC(CC)N(CCO)c1nnc(N)o1. The van der Waals surface area contributed by atoms with Gasteiger partial charge in [-0.2, -0.15) is 0 Å². The van der Waals surface area contributed by atoms with Gasteiger partial charge in [-0.05, 0) is 12.8 Å². The van der Waals surface area contributed by atoms with E-state index in [0.717, 1.165) is 12.8 Å². The molecule has 0 saturated carbocycles. The Morgan fingerprint density at radius 2 is 2.07 bits per heavy atom. The van der Waals surface area contributed by atoms with Gasteiger partial charge in [-0.15, -0.1) is 0 Å². The second kappa shape index (κ2) is 5.55. The second-order valence-corrected chi connectivity index (χ2v) is 3.31. The number of rotatable bonds is 6. The van der Waals surface area contributed by atoms with Crippen molar-refractivity contribution in [2.24, 2.45) is 0 Å². The Morgan fingerprint density at radius 3 is 2.47 bits per heavy atom. The van der Waals surface area contributed by atoms with Crippen molar-refractivity contribution in [2.45, 2.75) is 32.7 Å². The molecule has 0 bridgehead atoms. The van der Waals surface area contributed by atoms with E-state index in [1.807, 2.05) is 4.90 Å². The third-order valence-electron chi connectivity index (χ3n) is 2.40. The van der Waals surface area contributed by atoms with Crippen molar-refractivity contribution in [3.05, 3.63) is 0 Å². The van der Waals surface area contributed by atoms with E-state index in [2.05, 4.69) is 24.0 Å². The number of hydrogen-bond donors (Lipinski definition) is 2. The van der Waals surface area contributed by atoms with E-state index < -0.39 is 0 Å². The zero-order valence-electron chi connectivity index (χ0n) is 9.18. The van der Waals surface area contributed by atoms with Gasteiger partial charge in [0.1, 0.15) is 0 Å². The fourth-order valence-corrected chi connectivity index (χ4v) is 1.61. The van der Waals surface area contributed by atoms with Crippen molar-refractivity contribution in [3.63, 3.8) is 0 Å². The molecule has 0 unspecified atom stereocenters. The molecule has 15 heavy (non-hydrogen) atoms. The molecule has 0 spiro atoms. The highest BCUT2D eigenvalue weighted by Crippen LogP contribution is 2.19. The van der Waals surface area contributed by atoms with Gasteiger partial charge in [0.2, 0.25) is 0 Å². The lowest BCUT2D eigenvalue weighted by molar-refractivity contribution is 0.291. The minimum atomic E-state index is 0.0543. The summed E-state index contributed by atoms with van der Waals surface area (Å²) in [5.41, 5.74) is 5.37. The second-order valence-electron chi connectivity index (χ2n) is 3.31. The predicted octanol–water partition coefficient (Wildman–Crippen LogP) is 0.639. The van der Waals surface area contributed by atoms with Gasteiger partial charge in [0, 0.05) is 12.6 Å². The molecule has 86 valence electrons. The normalized spacial score (nSPS) is 10.9. The highest BCUT2D eigenvalue weighted by Gasteiger charge is 2.20. The largest absolute Gasteiger partial charge is 0.395 e. The maximum Gasteiger partial charge on any atom is 0.319 e. The van der Waals surface area contributed by atoms with Gasteiger partial charge in [0.15, 0.2) is 0 Å². The summed E-state index contributed by atoms with van der Waals surface area (Å²) in [5, 5.41) is 16.4. The van der Waals surface area contributed by atoms with Crippen LogP contribution in [0.5, 0.6) is 0 Å². The molecule has 0 aliphatic rings. The van der Waals surface area contributed by atoms with E-state index in [4.69, 9.17) is 15.3 Å². The van der Waals surface area contributed by atoms with Gasteiger partial charge in [0.25, 0.3) is 0 Å². The summed E-state index contributed by atoms with van der Waals surface area (Å²) in [7, 11) is 0. The number of hydrogen-bond acceptors (Lipinski definition) is 6. The number of nitrogens with zero attached hydrogens (tertiary/aromatic N) is 3. The van der Waals surface area contributed by atoms with Crippen LogP contribution in [-0.4, -0.2) is 34.5 Å². The van der Waals surface area contributed by atoms with Gasteiger partial charge >= 0.3 is 12.0 Å². The summed E-state index contributed by atoms with van der Waals surface area (Å²) in [4.78, 5) is 1.89. The summed E-state index contributed by atoms with van der Waals surface area (Å²) in [6.45, 7) is 4.70. The number of nitrogens with two attached hydrogens (primary N) is 1. The first-order valence-electron chi connectivity index (χ1n) is 5.19. The molecule has 0 saturated heterocycles. The lowest BCUT2D eigenvalue weighted by Crippen LogP contribution is -2.37. The van der Waals surface area contributed by atoms with Crippen LogP contribution in [0.25, 0.3) is 0 Å². The van der Waals surface area contributed by atoms with E-state index in [0.29, 0.717) is 12.6 Å². The topological polar surface area (TPSA) is 88.4 Å². The number of aromatic nitrogens is 2. The standard InChI is InChI=1S/C9H18N4O2/c1-3-7(4-2)13(5-6-14)9-12-11-8(10)15-9/h7,14H,3-6H2,1-2H3,(H2,10,11). The quantitative estimate of drug-likeness (QED) is 0.722. The van der Waals surface area contributed by atoms with Crippen LogP contribution in [0.15, 0.2) is 4.42 Å². The average molecular weight is 214 g/mol. The first-order chi connectivity index (χ1) is 7.22. The van der Waals surface area contributed by atoms with Gasteiger partial charge in [-0.25, -0.2) is 0 Å². The molecule has 1 aromatic heterocycles. The number of nitrogen functional groups attached to an aromatic ring is 1. The first kappa shape index (κ1) is 11.8. The molecular formula is C9H18N4O2. The van der Waals surface area contributed by atoms with E-state index in [1.165, 1.54) is 0 Å². The van der Waals surface area contributed by atoms with Gasteiger partial charge in [-0.1, -0.05) is 24.0 Å². The van der Waals surface area contributed by atoms with Crippen LogP contribution in [0.2, 0.25) is 0 Å². The highest BCUT2D eigenvalue weighted by atomic mass is 16.4. The number of aliphatic hydroxyl groups is 1. The van der Waals surface area contributed by atoms with E-state index >= 15 is 0 Å². The van der Waals surface area contributed by atoms with Crippen LogP contribution in [0, 0.1) is 0 Å². The van der Waals surface area contributed by atoms with Crippen molar-refractivity contribution in [1.82, 2.24) is 10.2 Å². The molecule has 0 aromatic carbocycles. The Labute approximate surface area is 89.1 Å². The smallest absolute Gasteiger partial charge is 0.319 e. The van der Waals surface area contributed by atoms with Crippen LogP contribution >= 0.6 is 0 Å². The molecule has 0 atom stereocenters. The fourth-order valence-electron chi connectivity index (χ4n) is 1.61. The Morgan fingerprint density at radius 1 is 1.40 bits per heavy atom. The van der Waals surface area contributed by atoms with Gasteiger partial charge < -0.3 is 20.2 Å². The lowest BCUT2D eigenvalue weighted by Gasteiger charge is -2.27. The maximum atomic E-state index is 8.98. The highest BCUT2D eigenvalue weighted by molar-refractivity contribution is 5.29. The van der Waals surface area contributed by atoms with Crippen LogP contribution < -0.4 is 10.6 Å². The zero-order chi connectivity index (χ0) is 11.3. The molecule has 3 N–H and O–H groups in total. The minimum absolute atomic E-state index is 0.0543.